The summed E-state index contributed by atoms with van der Waals surface area (Å²) < 4.78 is 0. The maximum absolute atomic E-state index is 10.9. The predicted molar refractivity (Wildman–Crippen MR) is 72.2 cm³/mol. The van der Waals surface area contributed by atoms with Crippen molar-refractivity contribution in [1.82, 2.24) is 5.32 Å². The Morgan fingerprint density at radius 3 is 2.53 bits per heavy atom. The van der Waals surface area contributed by atoms with Gasteiger partial charge >= 0.3 is 5.97 Å². The molecule has 0 saturated heterocycles. The summed E-state index contributed by atoms with van der Waals surface area (Å²) in [4.78, 5) is 21.7. The van der Waals surface area contributed by atoms with Crippen LogP contribution in [0.5, 0.6) is 0 Å². The van der Waals surface area contributed by atoms with Crippen molar-refractivity contribution >= 4 is 33.5 Å². The van der Waals surface area contributed by atoms with E-state index in [0.29, 0.717) is 11.0 Å². The van der Waals surface area contributed by atoms with Gasteiger partial charge in [0.25, 0.3) is 0 Å². The van der Waals surface area contributed by atoms with Crippen molar-refractivity contribution in [1.29, 1.82) is 0 Å². The molecule has 2 N–H and O–H groups in total. The largest absolute Gasteiger partial charge is 0.480 e. The van der Waals surface area contributed by atoms with Crippen LogP contribution in [0.4, 0.5) is 0 Å². The Labute approximate surface area is 110 Å². The van der Waals surface area contributed by atoms with Gasteiger partial charge in [0.2, 0.25) is 5.91 Å². The highest BCUT2D eigenvalue weighted by molar-refractivity contribution is 8.76. The summed E-state index contributed by atoms with van der Waals surface area (Å²) >= 11 is 0. The van der Waals surface area contributed by atoms with Gasteiger partial charge in [0, 0.05) is 17.9 Å². The number of hydrogen-bond donors (Lipinski definition) is 2. The number of amides is 1. The number of carbonyl (C=O) groups excluding carboxylic acids is 1. The fraction of sp³-hybridized carbons (Fsp3) is 0.818. The molecule has 1 atom stereocenters. The first-order valence-corrected chi connectivity index (χ1v) is 8.26. The third kappa shape index (κ3) is 6.21. The zero-order valence-electron chi connectivity index (χ0n) is 9.98. The highest BCUT2D eigenvalue weighted by Crippen LogP contribution is 2.36. The van der Waals surface area contributed by atoms with Crippen molar-refractivity contribution in [2.45, 2.75) is 50.3 Å². The molecule has 0 heterocycles. The molecule has 1 saturated carbocycles. The normalized spacial score (nSPS) is 18.6. The van der Waals surface area contributed by atoms with Gasteiger partial charge in [-0.3, -0.25) is 4.79 Å². The second kappa shape index (κ2) is 7.87. The van der Waals surface area contributed by atoms with Crippen LogP contribution in [0.2, 0.25) is 0 Å². The number of carbonyl (C=O) groups is 2. The van der Waals surface area contributed by atoms with E-state index in [1.165, 1.54) is 39.0 Å². The minimum absolute atomic E-state index is 0.291. The van der Waals surface area contributed by atoms with Gasteiger partial charge < -0.3 is 10.4 Å². The first-order valence-electron chi connectivity index (χ1n) is 5.87. The summed E-state index contributed by atoms with van der Waals surface area (Å²) in [5.41, 5.74) is 0. The zero-order chi connectivity index (χ0) is 12.7. The maximum atomic E-state index is 10.9. The van der Waals surface area contributed by atoms with E-state index in [1.54, 1.807) is 21.6 Å². The molecule has 0 bridgehead atoms. The van der Waals surface area contributed by atoms with Crippen LogP contribution in [0.15, 0.2) is 0 Å². The van der Waals surface area contributed by atoms with Crippen LogP contribution in [0.1, 0.15) is 39.0 Å². The van der Waals surface area contributed by atoms with Gasteiger partial charge in [-0.1, -0.05) is 40.9 Å². The zero-order valence-corrected chi connectivity index (χ0v) is 11.6. The molecule has 0 spiro atoms. The molecule has 0 aromatic heterocycles. The molecule has 0 radical (unpaired) electrons. The molecule has 1 amide bonds. The molecule has 1 aliphatic carbocycles. The van der Waals surface area contributed by atoms with E-state index in [1.807, 2.05) is 0 Å². The monoisotopic (exact) mass is 277 g/mol. The topological polar surface area (TPSA) is 66.4 Å². The van der Waals surface area contributed by atoms with Crippen molar-refractivity contribution < 1.29 is 14.7 Å². The Morgan fingerprint density at radius 2 is 2.00 bits per heavy atom. The van der Waals surface area contributed by atoms with E-state index in [2.05, 4.69) is 5.32 Å². The Hall–Kier alpha value is -0.360. The molecular formula is C11H19NO3S2. The van der Waals surface area contributed by atoms with Crippen LogP contribution >= 0.6 is 21.6 Å². The smallest absolute Gasteiger partial charge is 0.327 e. The molecule has 4 nitrogen and oxygen atoms in total. The molecule has 0 aliphatic heterocycles. The lowest BCUT2D eigenvalue weighted by Crippen LogP contribution is -2.41. The fourth-order valence-corrected chi connectivity index (χ4v) is 4.74. The van der Waals surface area contributed by atoms with Crippen LogP contribution in [0.25, 0.3) is 0 Å². The number of carboxylic acid groups (broad SMARTS) is 1. The van der Waals surface area contributed by atoms with E-state index in [-0.39, 0.29) is 5.91 Å². The van der Waals surface area contributed by atoms with Crippen molar-refractivity contribution in [2.24, 2.45) is 0 Å². The molecule has 98 valence electrons. The molecule has 0 aromatic rings. The van der Waals surface area contributed by atoms with Crippen molar-refractivity contribution in [3.63, 3.8) is 0 Å². The number of hydrogen-bond acceptors (Lipinski definition) is 4. The van der Waals surface area contributed by atoms with Crippen LogP contribution in [-0.4, -0.2) is 34.0 Å². The van der Waals surface area contributed by atoms with Crippen LogP contribution in [-0.2, 0) is 9.59 Å². The highest BCUT2D eigenvalue weighted by atomic mass is 33.1. The summed E-state index contributed by atoms with van der Waals surface area (Å²) in [6.45, 7) is 1.34. The minimum atomic E-state index is -0.961. The lowest BCUT2D eigenvalue weighted by molar-refractivity contribution is -0.140. The van der Waals surface area contributed by atoms with Crippen LogP contribution < -0.4 is 5.32 Å². The second-order valence-corrected chi connectivity index (χ2v) is 6.94. The van der Waals surface area contributed by atoms with Gasteiger partial charge in [-0.05, 0) is 12.8 Å². The third-order valence-corrected chi connectivity index (χ3v) is 5.65. The SMILES string of the molecule is CC(=O)NC(CSSC1CCCCC1)C(=O)O. The second-order valence-electron chi connectivity index (χ2n) is 4.23. The molecular weight excluding hydrogens is 258 g/mol. The Bertz CT molecular complexity index is 267. The molecule has 6 heteroatoms. The summed E-state index contributed by atoms with van der Waals surface area (Å²) in [7, 11) is 3.33. The molecule has 1 rings (SSSR count). The quantitative estimate of drug-likeness (QED) is 0.729. The molecule has 0 aromatic carbocycles. The number of rotatable bonds is 6. The van der Waals surface area contributed by atoms with Gasteiger partial charge in [-0.25, -0.2) is 4.79 Å². The molecule has 1 fully saturated rings. The summed E-state index contributed by atoms with van der Waals surface area (Å²) in [6, 6.07) is -0.770. The van der Waals surface area contributed by atoms with Gasteiger partial charge in [0.15, 0.2) is 0 Å². The average Bonchev–Trinajstić information content (AvgIpc) is 2.28. The highest BCUT2D eigenvalue weighted by Gasteiger charge is 2.20. The minimum Gasteiger partial charge on any atom is -0.480 e. The van der Waals surface area contributed by atoms with Crippen molar-refractivity contribution in [3.05, 3.63) is 0 Å². The molecule has 1 unspecified atom stereocenters. The molecule has 17 heavy (non-hydrogen) atoms. The number of nitrogens with one attached hydrogen (secondary N) is 1. The van der Waals surface area contributed by atoms with E-state index in [4.69, 9.17) is 5.11 Å². The van der Waals surface area contributed by atoms with Gasteiger partial charge in [0.05, 0.1) is 0 Å². The van der Waals surface area contributed by atoms with E-state index in [0.717, 1.165) is 0 Å². The summed E-state index contributed by atoms with van der Waals surface area (Å²) in [6.07, 6.45) is 6.36. The Balaban J connectivity index is 2.21. The average molecular weight is 277 g/mol. The van der Waals surface area contributed by atoms with Crippen LogP contribution in [0, 0.1) is 0 Å². The van der Waals surface area contributed by atoms with E-state index in [9.17, 15) is 9.59 Å². The first-order chi connectivity index (χ1) is 8.09. The van der Waals surface area contributed by atoms with Gasteiger partial charge in [0.1, 0.15) is 6.04 Å². The first kappa shape index (κ1) is 14.7. The van der Waals surface area contributed by atoms with Crippen molar-refractivity contribution in [2.75, 3.05) is 5.75 Å². The van der Waals surface area contributed by atoms with Gasteiger partial charge in [-0.15, -0.1) is 0 Å². The number of aliphatic carboxylic acids is 1. The number of carboxylic acids is 1. The third-order valence-electron chi connectivity index (χ3n) is 2.67. The standard InChI is InChI=1S/C11H19NO3S2/c1-8(13)12-10(11(14)15)7-16-17-9-5-3-2-4-6-9/h9-10H,2-7H2,1H3,(H,12,13)(H,14,15). The van der Waals surface area contributed by atoms with Crippen LogP contribution in [0.3, 0.4) is 0 Å². The Kier molecular flexibility index (Phi) is 6.80. The lowest BCUT2D eigenvalue weighted by atomic mass is 10.0. The molecule has 1 aliphatic rings. The Morgan fingerprint density at radius 1 is 1.35 bits per heavy atom. The van der Waals surface area contributed by atoms with E-state index < -0.39 is 12.0 Å². The summed E-state index contributed by atoms with van der Waals surface area (Å²) in [5.74, 6) is -0.826. The maximum Gasteiger partial charge on any atom is 0.327 e. The van der Waals surface area contributed by atoms with Gasteiger partial charge in [-0.2, -0.15) is 0 Å². The van der Waals surface area contributed by atoms with E-state index >= 15 is 0 Å². The lowest BCUT2D eigenvalue weighted by Gasteiger charge is -2.21. The fourth-order valence-electron chi connectivity index (χ4n) is 1.78. The predicted octanol–water partition coefficient (Wildman–Crippen LogP) is 2.29. The van der Waals surface area contributed by atoms with Crippen molar-refractivity contribution in [3.8, 4) is 0 Å². The summed E-state index contributed by atoms with van der Waals surface area (Å²) in [5, 5.41) is 12.0.